The quantitative estimate of drug-likeness (QED) is 0.452. The normalized spacial score (nSPS) is 12.7. The van der Waals surface area contributed by atoms with Gasteiger partial charge in [0.25, 0.3) is 5.91 Å². The van der Waals surface area contributed by atoms with Gasteiger partial charge in [0.2, 0.25) is 10.0 Å². The highest BCUT2D eigenvalue weighted by atomic mass is 32.2. The van der Waals surface area contributed by atoms with Crippen LogP contribution in [0.15, 0.2) is 83.8 Å². The van der Waals surface area contributed by atoms with E-state index >= 15 is 0 Å². The number of hydrogen-bond acceptors (Lipinski definition) is 4. The lowest BCUT2D eigenvalue weighted by Gasteiger charge is -2.18. The van der Waals surface area contributed by atoms with E-state index in [1.165, 1.54) is 26.2 Å². The fourth-order valence-electron chi connectivity index (χ4n) is 3.45. The van der Waals surface area contributed by atoms with Crippen LogP contribution in [0.4, 0.5) is 0 Å². The number of sulfonamides is 1. The molecule has 3 aromatic carbocycles. The topological polar surface area (TPSA) is 95.2 Å². The van der Waals surface area contributed by atoms with Crippen molar-refractivity contribution in [2.45, 2.75) is 17.4 Å². The number of aromatic amines is 1. The predicted molar refractivity (Wildman–Crippen MR) is 124 cm³/mol. The maximum atomic E-state index is 13.1. The number of fused-ring (bicyclic) bond motifs is 1. The number of H-pyrrole nitrogens is 1. The number of hydrogen-bond donors (Lipinski definition) is 2. The third-order valence-electron chi connectivity index (χ3n) is 5.20. The van der Waals surface area contributed by atoms with Crippen molar-refractivity contribution in [1.82, 2.24) is 19.6 Å². The zero-order chi connectivity index (χ0) is 22.7. The number of carbonyl (C=O) groups is 1. The minimum absolute atomic E-state index is 0.0681. The fraction of sp³-hybridized carbons (Fsp3) is 0.167. The maximum Gasteiger partial charge on any atom is 0.251 e. The Balaban J connectivity index is 1.66. The summed E-state index contributed by atoms with van der Waals surface area (Å²) in [6.07, 6.45) is 0.530. The van der Waals surface area contributed by atoms with Crippen molar-refractivity contribution in [3.05, 3.63) is 95.8 Å². The number of amides is 1. The maximum absolute atomic E-state index is 13.1. The molecule has 4 aromatic rings. The number of nitrogens with one attached hydrogen (secondary N) is 2. The van der Waals surface area contributed by atoms with Gasteiger partial charge in [-0.25, -0.2) is 17.7 Å². The molecule has 0 aliphatic carbocycles. The van der Waals surface area contributed by atoms with E-state index in [0.717, 1.165) is 20.9 Å². The van der Waals surface area contributed by atoms with Gasteiger partial charge in [-0.1, -0.05) is 48.5 Å². The molecule has 8 heteroatoms. The highest BCUT2D eigenvalue weighted by Crippen LogP contribution is 2.21. The molecule has 0 spiro atoms. The molecule has 0 fully saturated rings. The molecule has 0 saturated heterocycles. The van der Waals surface area contributed by atoms with Crippen LogP contribution in [0.3, 0.4) is 0 Å². The number of benzene rings is 3. The molecule has 164 valence electrons. The zero-order valence-electron chi connectivity index (χ0n) is 17.8. The van der Waals surface area contributed by atoms with Gasteiger partial charge >= 0.3 is 0 Å². The second-order valence-electron chi connectivity index (χ2n) is 7.67. The van der Waals surface area contributed by atoms with Crippen molar-refractivity contribution in [2.75, 3.05) is 14.1 Å². The number of rotatable bonds is 7. The Hall–Kier alpha value is -3.49. The van der Waals surface area contributed by atoms with Crippen LogP contribution in [0.1, 0.15) is 27.8 Å². The largest absolute Gasteiger partial charge is 0.342 e. The van der Waals surface area contributed by atoms with Crippen molar-refractivity contribution >= 4 is 27.0 Å². The Morgan fingerprint density at radius 2 is 1.72 bits per heavy atom. The SMILES string of the molecule is CN(C)S(=O)(=O)c1cccc(C(=O)NC(Cc2ccccc2)c2nc3ccccc3[nH]2)c1. The van der Waals surface area contributed by atoms with Gasteiger partial charge in [0, 0.05) is 19.7 Å². The van der Waals surface area contributed by atoms with Crippen LogP contribution < -0.4 is 5.32 Å². The highest BCUT2D eigenvalue weighted by Gasteiger charge is 2.22. The Bertz CT molecular complexity index is 1310. The molecule has 32 heavy (non-hydrogen) atoms. The van der Waals surface area contributed by atoms with Crippen LogP contribution >= 0.6 is 0 Å². The lowest BCUT2D eigenvalue weighted by Crippen LogP contribution is -2.31. The van der Waals surface area contributed by atoms with Gasteiger partial charge in [-0.3, -0.25) is 4.79 Å². The van der Waals surface area contributed by atoms with E-state index in [1.807, 2.05) is 54.6 Å². The Morgan fingerprint density at radius 3 is 2.44 bits per heavy atom. The number of nitrogens with zero attached hydrogens (tertiary/aromatic N) is 2. The molecule has 4 rings (SSSR count). The van der Waals surface area contributed by atoms with Gasteiger partial charge in [-0.05, 0) is 42.3 Å². The summed E-state index contributed by atoms with van der Waals surface area (Å²) in [7, 11) is -0.729. The van der Waals surface area contributed by atoms with Crippen molar-refractivity contribution in [2.24, 2.45) is 0 Å². The number of imidazole rings is 1. The molecule has 0 aliphatic heterocycles. The van der Waals surface area contributed by atoms with Gasteiger partial charge in [0.1, 0.15) is 5.82 Å². The minimum Gasteiger partial charge on any atom is -0.342 e. The second kappa shape index (κ2) is 8.94. The van der Waals surface area contributed by atoms with Crippen molar-refractivity contribution in [3.63, 3.8) is 0 Å². The second-order valence-corrected chi connectivity index (χ2v) is 9.82. The Labute approximate surface area is 187 Å². The average molecular weight is 449 g/mol. The first-order chi connectivity index (χ1) is 15.3. The molecule has 0 aliphatic rings. The summed E-state index contributed by atoms with van der Waals surface area (Å²) >= 11 is 0. The Kier molecular flexibility index (Phi) is 6.07. The highest BCUT2D eigenvalue weighted by molar-refractivity contribution is 7.89. The smallest absolute Gasteiger partial charge is 0.251 e. The van der Waals surface area contributed by atoms with Crippen LogP contribution in [0.2, 0.25) is 0 Å². The summed E-state index contributed by atoms with van der Waals surface area (Å²) in [5, 5.41) is 3.03. The summed E-state index contributed by atoms with van der Waals surface area (Å²) in [5.41, 5.74) is 3.01. The minimum atomic E-state index is -3.64. The van der Waals surface area contributed by atoms with Gasteiger partial charge in [-0.2, -0.15) is 0 Å². The molecular formula is C24H24N4O3S. The van der Waals surface area contributed by atoms with E-state index in [-0.39, 0.29) is 16.4 Å². The molecule has 0 radical (unpaired) electrons. The molecule has 2 N–H and O–H groups in total. The van der Waals surface area contributed by atoms with Gasteiger partial charge in [-0.15, -0.1) is 0 Å². The van der Waals surface area contributed by atoms with Gasteiger partial charge in [0.15, 0.2) is 0 Å². The Morgan fingerprint density at radius 1 is 1.00 bits per heavy atom. The number of aromatic nitrogens is 2. The van der Waals surface area contributed by atoms with Crippen molar-refractivity contribution in [1.29, 1.82) is 0 Å². The predicted octanol–water partition coefficient (Wildman–Crippen LogP) is 3.53. The summed E-state index contributed by atoms with van der Waals surface area (Å²) in [6.45, 7) is 0. The lowest BCUT2D eigenvalue weighted by molar-refractivity contribution is 0.0934. The van der Waals surface area contributed by atoms with Crippen LogP contribution in [0, 0.1) is 0 Å². The molecule has 1 atom stereocenters. The third-order valence-corrected chi connectivity index (χ3v) is 7.01. The van der Waals surface area contributed by atoms with E-state index in [0.29, 0.717) is 12.2 Å². The molecule has 1 heterocycles. The van der Waals surface area contributed by atoms with E-state index in [2.05, 4.69) is 15.3 Å². The van der Waals surface area contributed by atoms with Crippen LogP contribution in [0.25, 0.3) is 11.0 Å². The van der Waals surface area contributed by atoms with Crippen LogP contribution in [-0.2, 0) is 16.4 Å². The monoisotopic (exact) mass is 448 g/mol. The first-order valence-electron chi connectivity index (χ1n) is 10.2. The summed E-state index contributed by atoms with van der Waals surface area (Å²) in [4.78, 5) is 21.1. The third kappa shape index (κ3) is 4.56. The summed E-state index contributed by atoms with van der Waals surface area (Å²) in [5.74, 6) is 0.266. The first kappa shape index (κ1) is 21.7. The standard InChI is InChI=1S/C24H24N4O3S/c1-28(2)32(30,31)19-12-8-11-18(16-19)24(29)27-22(15-17-9-4-3-5-10-17)23-25-20-13-6-7-14-21(20)26-23/h3-14,16,22H,15H2,1-2H3,(H,25,26)(H,27,29). The first-order valence-corrected chi connectivity index (χ1v) is 11.6. The molecular weight excluding hydrogens is 424 g/mol. The zero-order valence-corrected chi connectivity index (χ0v) is 18.6. The van der Waals surface area contributed by atoms with E-state index in [9.17, 15) is 13.2 Å². The van der Waals surface area contributed by atoms with Crippen molar-refractivity contribution in [3.8, 4) is 0 Å². The molecule has 1 aromatic heterocycles. The van der Waals surface area contributed by atoms with E-state index in [1.54, 1.807) is 12.1 Å². The molecule has 1 amide bonds. The molecule has 0 saturated carbocycles. The summed E-state index contributed by atoms with van der Waals surface area (Å²) in [6, 6.07) is 23.1. The fourth-order valence-corrected chi connectivity index (χ4v) is 4.40. The van der Waals surface area contributed by atoms with Crippen molar-refractivity contribution < 1.29 is 13.2 Å². The average Bonchev–Trinajstić information content (AvgIpc) is 3.23. The lowest BCUT2D eigenvalue weighted by atomic mass is 10.0. The van der Waals surface area contributed by atoms with E-state index < -0.39 is 16.1 Å². The molecule has 0 bridgehead atoms. The number of para-hydroxylation sites is 2. The molecule has 1 unspecified atom stereocenters. The molecule has 7 nitrogen and oxygen atoms in total. The van der Waals surface area contributed by atoms with E-state index in [4.69, 9.17) is 0 Å². The number of carbonyl (C=O) groups excluding carboxylic acids is 1. The van der Waals surface area contributed by atoms with Gasteiger partial charge in [0.05, 0.1) is 22.0 Å². The summed E-state index contributed by atoms with van der Waals surface area (Å²) < 4.78 is 26.1. The van der Waals surface area contributed by atoms with Crippen LogP contribution in [-0.4, -0.2) is 42.7 Å². The van der Waals surface area contributed by atoms with Gasteiger partial charge < -0.3 is 10.3 Å². The van der Waals surface area contributed by atoms with Crippen LogP contribution in [0.5, 0.6) is 0 Å².